The molecule has 794 valence electrons. The van der Waals surface area contributed by atoms with E-state index in [0.717, 1.165) is 112 Å². The summed E-state index contributed by atoms with van der Waals surface area (Å²) in [6.45, 7) is 33.0. The molecule has 0 bridgehead atoms. The first kappa shape index (κ1) is 127. The summed E-state index contributed by atoms with van der Waals surface area (Å²) in [5.41, 5.74) is 19.6. The van der Waals surface area contributed by atoms with Crippen LogP contribution < -0.4 is 25.8 Å². The maximum atomic E-state index is 13.4. The lowest BCUT2D eigenvalue weighted by Gasteiger charge is -2.26. The summed E-state index contributed by atoms with van der Waals surface area (Å²) in [6, 6.07) is 72.9. The predicted octanol–water partition coefficient (Wildman–Crippen LogP) is 24.1. The van der Waals surface area contributed by atoms with Crippen molar-refractivity contribution in [1.29, 1.82) is 0 Å². The third-order valence-electron chi connectivity index (χ3n) is 24.1. The van der Waals surface area contributed by atoms with Gasteiger partial charge < -0.3 is 55.4 Å². The molecule has 0 heterocycles. The number of amides is 2. The van der Waals surface area contributed by atoms with Gasteiger partial charge in [-0.15, -0.1) is 0 Å². The van der Waals surface area contributed by atoms with Gasteiger partial charge in [0.2, 0.25) is 17.9 Å². The lowest BCUT2D eigenvalue weighted by molar-refractivity contribution is -0.139. The summed E-state index contributed by atoms with van der Waals surface area (Å²) in [7, 11) is 21.7. The number of anilines is 1. The van der Waals surface area contributed by atoms with Gasteiger partial charge in [0.15, 0.2) is 52.0 Å². The van der Waals surface area contributed by atoms with Crippen LogP contribution in [0.2, 0.25) is 0 Å². The van der Waals surface area contributed by atoms with Crippen LogP contribution in [-0.2, 0) is 42.5 Å². The maximum Gasteiger partial charge on any atom is 0.321 e. The van der Waals surface area contributed by atoms with E-state index in [4.69, 9.17) is 15.2 Å². The highest BCUT2D eigenvalue weighted by atomic mass is 79.9. The number of nitrogens with zero attached hydrogens (tertiary/aromatic N) is 5. The molecule has 0 saturated heterocycles. The summed E-state index contributed by atoms with van der Waals surface area (Å²) in [4.78, 5) is 138. The fourth-order valence-corrected chi connectivity index (χ4v) is 14.9. The molecule has 25 heteroatoms. The highest BCUT2D eigenvalue weighted by molar-refractivity contribution is 9.10. The van der Waals surface area contributed by atoms with Crippen molar-refractivity contribution in [2.75, 3.05) is 116 Å². The first-order chi connectivity index (χ1) is 68.9. The van der Waals surface area contributed by atoms with E-state index in [9.17, 15) is 66.6 Å². The molecule has 5 N–H and O–H groups in total. The van der Waals surface area contributed by atoms with Crippen molar-refractivity contribution in [2.24, 2.45) is 5.73 Å². The molecular weight excluding hydrogens is 1920 g/mol. The number of aliphatic carboxylic acids is 1. The van der Waals surface area contributed by atoms with Crippen molar-refractivity contribution < 1.29 is 76.1 Å². The number of methoxy groups -OCH3 is 2. The number of primary amides is 1. The summed E-state index contributed by atoms with van der Waals surface area (Å²) in [5, 5.41) is 16.1. The number of hydrogen-bond donors (Lipinski definition) is 4. The minimum absolute atomic E-state index is 0.000692. The molecule has 10 aromatic rings. The van der Waals surface area contributed by atoms with Crippen molar-refractivity contribution in [1.82, 2.24) is 29.8 Å². The number of ether oxygens (including phenoxy) is 2. The minimum atomic E-state index is -2.11. The molecule has 0 aromatic heterocycles. The second-order valence-electron chi connectivity index (χ2n) is 42.0. The van der Waals surface area contributed by atoms with E-state index in [1.807, 2.05) is 235 Å². The Bertz CT molecular complexity index is 5600. The Morgan fingerprint density at radius 1 is 0.422 bits per heavy atom. The number of nitrogens with two attached hydrogens (primary N) is 1. The molecule has 1 saturated carbocycles. The van der Waals surface area contributed by atoms with Crippen LogP contribution >= 0.6 is 15.9 Å². The molecule has 1 aliphatic carbocycles. The molecular formula is C122H161BrF2N8O14. The monoisotopic (exact) mass is 2080 g/mol. The average Bonchev–Trinajstić information content (AvgIpc) is 0.834. The van der Waals surface area contributed by atoms with Gasteiger partial charge in [-0.05, 0) is 198 Å². The van der Waals surface area contributed by atoms with Gasteiger partial charge >= 0.3 is 5.97 Å². The number of hydrogen-bond acceptors (Lipinski definition) is 19. The number of carboxylic acids is 1. The molecule has 1 fully saturated rings. The summed E-state index contributed by atoms with van der Waals surface area (Å²) < 4.78 is 37.8. The molecule has 3 unspecified atom stereocenters. The Morgan fingerprint density at radius 2 is 0.762 bits per heavy atom. The molecule has 0 aliphatic heterocycles. The quantitative estimate of drug-likeness (QED) is 0.0208. The van der Waals surface area contributed by atoms with Crippen LogP contribution in [0.5, 0.6) is 11.5 Å². The number of carbonyl (C=O) groups is 11. The highest BCUT2D eigenvalue weighted by Crippen LogP contribution is 2.35. The number of alkyl halides is 1. The number of carbonyl (C=O) groups excluding carboxylic acids is 10. The second kappa shape index (κ2) is 63.3. The van der Waals surface area contributed by atoms with Gasteiger partial charge in [-0.3, -0.25) is 52.7 Å². The van der Waals surface area contributed by atoms with Gasteiger partial charge in [0.25, 0.3) is 5.91 Å². The standard InChI is InChI=1S/C25H26BrNO3.C20H29NO3.2C15H23NO.C13H17NO2.C12H17NO.C11H12FNO2.C11H14FNO/c1-4-17-5-7-18(8-6-17)23(28)16-22(27-21-12-10-20(26)11-13-21)19-9-14-24(29-2)25(15-19)30-3;1-20(2,3)15-11-9-14(10-12-15)18(22)13-17(19(23)24)21-16-7-5-4-6-8-16;2*1-15(2,3)13-8-6-12(7-9-13)14(17)10-11-16(4)5;1-13(2,3)10-6-4-9(5-7-10)11(15)8-12(14)16;1-10-4-6-11(7-5-10)12(14)8-9-13(2)3;1-13(2)11(15)9(12)10(14)8-6-4-3-5-7-8;1-13(2)8-7-11(14)9-3-5-10(12)6-4-9/h5-15,22,27H,4,16H2,1-3H3;9-12,16-17,21H,4-8,13H2,1-3H3,(H,23,24);2*6-9H,10-11H2,1-5H3;4-7H,8H2,1-3H3,(H2,14,16);4-7H,8-9H2,1-3H3;3-7,9H,1-2H3;3-6H,7-8H2,1-2H3. The van der Waals surface area contributed by atoms with Gasteiger partial charge in [0.1, 0.15) is 11.9 Å². The first-order valence-corrected chi connectivity index (χ1v) is 50.8. The number of ketones is 8. The van der Waals surface area contributed by atoms with E-state index < -0.39 is 35.8 Å². The number of halogens is 3. The van der Waals surface area contributed by atoms with Crippen LogP contribution in [-0.4, -0.2) is 223 Å². The van der Waals surface area contributed by atoms with Crippen molar-refractivity contribution in [2.45, 2.75) is 226 Å². The van der Waals surface area contributed by atoms with Crippen LogP contribution in [0.3, 0.4) is 0 Å². The van der Waals surface area contributed by atoms with Crippen LogP contribution in [0.15, 0.2) is 247 Å². The number of benzene rings is 10. The minimum Gasteiger partial charge on any atom is -0.493 e. The van der Waals surface area contributed by atoms with Gasteiger partial charge in [0.05, 0.1) is 26.7 Å². The van der Waals surface area contributed by atoms with Crippen molar-refractivity contribution in [3.05, 3.63) is 336 Å². The molecule has 0 radical (unpaired) electrons. The van der Waals surface area contributed by atoms with Crippen LogP contribution in [0.4, 0.5) is 14.5 Å². The highest BCUT2D eigenvalue weighted by Gasteiger charge is 2.30. The van der Waals surface area contributed by atoms with Crippen molar-refractivity contribution >= 4 is 85.7 Å². The van der Waals surface area contributed by atoms with Crippen molar-refractivity contribution in [3.63, 3.8) is 0 Å². The average molecular weight is 2080 g/mol. The Morgan fingerprint density at radius 3 is 1.10 bits per heavy atom. The van der Waals surface area contributed by atoms with Crippen LogP contribution in [0, 0.1) is 12.7 Å². The number of aryl methyl sites for hydroxylation is 2. The van der Waals surface area contributed by atoms with Gasteiger partial charge in [0, 0.05) is 140 Å². The van der Waals surface area contributed by atoms with E-state index >= 15 is 0 Å². The fourth-order valence-electron chi connectivity index (χ4n) is 14.6. The second-order valence-corrected chi connectivity index (χ2v) is 42.9. The normalized spacial score (nSPS) is 12.4. The number of Topliss-reactive ketones (excluding diaryl/α,β-unsaturated/α-hetero) is 8. The van der Waals surface area contributed by atoms with Crippen LogP contribution in [0.1, 0.15) is 295 Å². The van der Waals surface area contributed by atoms with E-state index in [1.165, 1.54) is 79.2 Å². The lowest BCUT2D eigenvalue weighted by atomic mass is 9.86. The SMILES string of the molecule is CC(C)(C)c1ccc(C(=O)CC(N)=O)cc1.CC(C)(C)c1ccc(C(=O)CC(NC2CCCCC2)C(=O)O)cc1.CCc1ccc(C(=O)CC(Nc2ccc(Br)cc2)c2ccc(OC)c(OC)c2)cc1.CN(C)C(=O)C(F)C(=O)c1ccccc1.CN(C)CCC(=O)c1ccc(C(C)(C)C)cc1.CN(C)CCC(=O)c1ccc(C(C)(C)C)cc1.CN(C)CCC(=O)c1ccc(F)cc1.Cc1ccc(C(=O)CCN(C)C)cc1. The maximum absolute atomic E-state index is 13.4. The molecule has 10 aromatic carbocycles. The first-order valence-electron chi connectivity index (χ1n) is 50.1. The van der Waals surface area contributed by atoms with Gasteiger partial charge in [-0.2, -0.15) is 0 Å². The van der Waals surface area contributed by atoms with E-state index in [1.54, 1.807) is 44.6 Å². The largest absolute Gasteiger partial charge is 0.493 e. The molecule has 22 nitrogen and oxygen atoms in total. The summed E-state index contributed by atoms with van der Waals surface area (Å²) >= 11 is 3.46. The molecule has 3 atom stereocenters. The zero-order valence-corrected chi connectivity index (χ0v) is 93.2. The fraction of sp³-hybridized carbons (Fsp3) is 0.418. The molecule has 0 spiro atoms. The zero-order chi connectivity index (χ0) is 110. The molecule has 1 aliphatic rings. The zero-order valence-electron chi connectivity index (χ0n) is 91.6. The van der Waals surface area contributed by atoms with E-state index in [0.29, 0.717) is 60.3 Å². The van der Waals surface area contributed by atoms with Crippen LogP contribution in [0.25, 0.3) is 0 Å². The molecule has 2 amide bonds. The Balaban J connectivity index is 0.000000355. The number of carboxylic acid groups (broad SMARTS) is 1. The summed E-state index contributed by atoms with van der Waals surface area (Å²) in [5.74, 6) is -1.73. The van der Waals surface area contributed by atoms with Crippen molar-refractivity contribution in [3.8, 4) is 11.5 Å². The van der Waals surface area contributed by atoms with E-state index in [-0.39, 0.29) is 98.4 Å². The topological polar surface area (TPSA) is 293 Å². The van der Waals surface area contributed by atoms with E-state index in [2.05, 4.69) is 141 Å². The summed E-state index contributed by atoms with van der Waals surface area (Å²) in [6.07, 6.45) is 6.64. The Kier molecular flexibility index (Phi) is 54.6. The third kappa shape index (κ3) is 48.4. The molecule has 11 rings (SSSR count). The molecule has 147 heavy (non-hydrogen) atoms. The Hall–Kier alpha value is -12.5. The predicted molar refractivity (Wildman–Crippen MR) is 596 cm³/mol. The van der Waals surface area contributed by atoms with Gasteiger partial charge in [-0.1, -0.05) is 313 Å². The Labute approximate surface area is 882 Å². The number of rotatable bonds is 37. The third-order valence-corrected chi connectivity index (χ3v) is 24.6. The van der Waals surface area contributed by atoms with Gasteiger partial charge in [-0.25, -0.2) is 8.78 Å². The number of nitrogens with one attached hydrogen (secondary N) is 2. The lowest BCUT2D eigenvalue weighted by Crippen LogP contribution is -2.45. The smallest absolute Gasteiger partial charge is 0.321 e.